The number of hydrogen-bond acceptors (Lipinski definition) is 10. The maximum Gasteiger partial charge on any atom is 0.247 e. The minimum atomic E-state index is -0.289. The molecule has 0 radical (unpaired) electrons. The van der Waals surface area contributed by atoms with Gasteiger partial charge in [0.1, 0.15) is 10.8 Å². The molecule has 2 aliphatic rings. The number of para-hydroxylation sites is 1. The average molecular weight is 622 g/mol. The van der Waals surface area contributed by atoms with Gasteiger partial charge in [-0.3, -0.25) is 4.79 Å². The van der Waals surface area contributed by atoms with Crippen LogP contribution in [0.25, 0.3) is 32.7 Å². The number of aromatic nitrogens is 5. The molecule has 0 spiro atoms. The smallest absolute Gasteiger partial charge is 0.247 e. The van der Waals surface area contributed by atoms with Gasteiger partial charge in [-0.1, -0.05) is 36.1 Å². The molecule has 3 aromatic heterocycles. The molecule has 230 valence electrons. The van der Waals surface area contributed by atoms with Gasteiger partial charge in [-0.25, -0.2) is 9.97 Å². The van der Waals surface area contributed by atoms with Crippen LogP contribution in [0.4, 0.5) is 23.0 Å². The molecule has 11 nitrogen and oxygen atoms in total. The third-order valence-electron chi connectivity index (χ3n) is 8.86. The second kappa shape index (κ2) is 11.3. The molecule has 12 heteroatoms. The molecular weight excluding hydrogens is 586 g/mol. The Morgan fingerprint density at radius 1 is 1.13 bits per heavy atom. The molecule has 2 N–H and O–H groups in total. The molecule has 1 saturated heterocycles. The van der Waals surface area contributed by atoms with Gasteiger partial charge in [-0.2, -0.15) is 0 Å². The summed E-state index contributed by atoms with van der Waals surface area (Å²) in [5.41, 5.74) is 5.74. The number of methoxy groups -OCH3 is 1. The van der Waals surface area contributed by atoms with Crippen molar-refractivity contribution in [1.82, 2.24) is 29.6 Å². The number of hydrogen-bond donors (Lipinski definition) is 2. The van der Waals surface area contributed by atoms with E-state index < -0.39 is 0 Å². The maximum absolute atomic E-state index is 12.5. The van der Waals surface area contributed by atoms with Gasteiger partial charge in [-0.05, 0) is 44.0 Å². The lowest BCUT2D eigenvalue weighted by atomic mass is 10.1. The van der Waals surface area contributed by atoms with Crippen LogP contribution in [0.2, 0.25) is 0 Å². The van der Waals surface area contributed by atoms with Crippen molar-refractivity contribution in [2.75, 3.05) is 49.8 Å². The van der Waals surface area contributed by atoms with Gasteiger partial charge in [0, 0.05) is 68.2 Å². The monoisotopic (exact) mass is 621 g/mol. The van der Waals surface area contributed by atoms with E-state index in [0.29, 0.717) is 41.0 Å². The first-order chi connectivity index (χ1) is 21.7. The van der Waals surface area contributed by atoms with Crippen molar-refractivity contribution in [2.45, 2.75) is 13.0 Å². The minimum absolute atomic E-state index is 0.289. The van der Waals surface area contributed by atoms with E-state index in [1.54, 1.807) is 13.3 Å². The predicted octanol–water partition coefficient (Wildman–Crippen LogP) is 5.34. The number of nitrogens with zero attached hydrogens (tertiary/aromatic N) is 7. The zero-order chi connectivity index (χ0) is 31.4. The van der Waals surface area contributed by atoms with E-state index in [1.807, 2.05) is 38.2 Å². The van der Waals surface area contributed by atoms with Gasteiger partial charge in [0.25, 0.3) is 0 Å². The van der Waals surface area contributed by atoms with Gasteiger partial charge in [0.2, 0.25) is 11.9 Å². The number of carbonyl (C=O) groups is 1. The first-order valence-corrected chi connectivity index (χ1v) is 15.6. The summed E-state index contributed by atoms with van der Waals surface area (Å²) in [5, 5.41) is 17.7. The Labute approximate surface area is 265 Å². The van der Waals surface area contributed by atoms with Crippen LogP contribution in [0.5, 0.6) is 5.75 Å². The first kappa shape index (κ1) is 28.9. The largest absolute Gasteiger partial charge is 0.494 e. The van der Waals surface area contributed by atoms with E-state index in [-0.39, 0.29) is 5.91 Å². The molecule has 2 fully saturated rings. The molecule has 1 aliphatic heterocycles. The number of piperidine rings is 1. The van der Waals surface area contributed by atoms with Crippen LogP contribution in [0.1, 0.15) is 5.01 Å². The number of carbonyl (C=O) groups excluding carboxylic acids is 1. The Morgan fingerprint density at radius 2 is 1.91 bits per heavy atom. The fourth-order valence-electron chi connectivity index (χ4n) is 6.71. The van der Waals surface area contributed by atoms with E-state index >= 15 is 0 Å². The van der Waals surface area contributed by atoms with E-state index in [1.165, 1.54) is 17.4 Å². The summed E-state index contributed by atoms with van der Waals surface area (Å²) in [5.74, 6) is 1.92. The number of benzene rings is 2. The number of fused-ring (bicyclic) bond motifs is 2. The summed E-state index contributed by atoms with van der Waals surface area (Å²) in [4.78, 5) is 26.9. The fraction of sp³-hybridized carbons (Fsp3) is 0.303. The SMILES string of the molecule is C=CC(=O)Nc1cc(Nc2ncc(-c3nnc(C)s3)c(-c3cn(C)c4ccccc34)n2)c(OC)cc1N(C)C1C2CN(C)CC21. The highest BCUT2D eigenvalue weighted by atomic mass is 32.1. The molecule has 5 aromatic rings. The van der Waals surface area contributed by atoms with E-state index in [4.69, 9.17) is 14.7 Å². The topological polar surface area (TPSA) is 113 Å². The number of nitrogens with one attached hydrogen (secondary N) is 2. The Hall–Kier alpha value is -4.81. The van der Waals surface area contributed by atoms with Gasteiger partial charge in [-0.15, -0.1) is 10.2 Å². The summed E-state index contributed by atoms with van der Waals surface area (Å²) >= 11 is 1.50. The van der Waals surface area contributed by atoms with Gasteiger partial charge >= 0.3 is 0 Å². The van der Waals surface area contributed by atoms with E-state index in [9.17, 15) is 4.79 Å². The molecule has 0 bridgehead atoms. The molecule has 2 unspecified atom stereocenters. The van der Waals surface area contributed by atoms with Gasteiger partial charge in [0.05, 0.1) is 35.4 Å². The van der Waals surface area contributed by atoms with E-state index in [2.05, 4.69) is 74.2 Å². The van der Waals surface area contributed by atoms with Crippen molar-refractivity contribution < 1.29 is 9.53 Å². The minimum Gasteiger partial charge on any atom is -0.494 e. The van der Waals surface area contributed by atoms with Crippen molar-refractivity contribution >= 4 is 51.2 Å². The van der Waals surface area contributed by atoms with Crippen molar-refractivity contribution in [3.8, 4) is 27.6 Å². The molecular formula is C33H35N9O2S. The van der Waals surface area contributed by atoms with Crippen LogP contribution in [0, 0.1) is 18.8 Å². The third-order valence-corrected chi connectivity index (χ3v) is 9.74. The molecule has 4 heterocycles. The Balaban J connectivity index is 1.30. The number of rotatable bonds is 9. The number of aryl methyl sites for hydroxylation is 2. The van der Waals surface area contributed by atoms with Crippen LogP contribution >= 0.6 is 11.3 Å². The standard InChI is InChI=1S/C33H35N9O2S/c1-7-29(43)35-24-12-25(28(44-6)13-27(24)42(5)31-22-15-40(3)16-23(22)31)36-33-34-14-20(32-39-38-18(2)45-32)30(37-33)21-17-41(4)26-11-9-8-10-19(21)26/h7-14,17,22-23,31H,1,15-16H2,2-6H3,(H,35,43)(H,34,36,37). The lowest BCUT2D eigenvalue weighted by molar-refractivity contribution is -0.111. The summed E-state index contributed by atoms with van der Waals surface area (Å²) < 4.78 is 7.96. The van der Waals surface area contributed by atoms with Crippen LogP contribution in [0.15, 0.2) is 61.4 Å². The molecule has 45 heavy (non-hydrogen) atoms. The Bertz CT molecular complexity index is 1940. The van der Waals surface area contributed by atoms with Crippen molar-refractivity contribution in [1.29, 1.82) is 0 Å². The summed E-state index contributed by atoms with van der Waals surface area (Å²) in [6, 6.07) is 12.5. The lowest BCUT2D eigenvalue weighted by Gasteiger charge is -2.27. The van der Waals surface area contributed by atoms with E-state index in [0.717, 1.165) is 56.5 Å². The van der Waals surface area contributed by atoms with Crippen molar-refractivity contribution in [3.05, 3.63) is 66.5 Å². The summed E-state index contributed by atoms with van der Waals surface area (Å²) in [6.07, 6.45) is 5.13. The van der Waals surface area contributed by atoms with Crippen molar-refractivity contribution in [3.63, 3.8) is 0 Å². The zero-order valence-electron chi connectivity index (χ0n) is 25.9. The second-order valence-corrected chi connectivity index (χ2v) is 13.0. The lowest BCUT2D eigenvalue weighted by Crippen LogP contribution is -2.31. The molecule has 7 rings (SSSR count). The number of anilines is 4. The molecule has 1 aliphatic carbocycles. The van der Waals surface area contributed by atoms with Crippen molar-refractivity contribution in [2.24, 2.45) is 18.9 Å². The highest BCUT2D eigenvalue weighted by Crippen LogP contribution is 2.51. The number of ether oxygens (including phenoxy) is 1. The summed E-state index contributed by atoms with van der Waals surface area (Å²) in [7, 11) is 7.91. The van der Waals surface area contributed by atoms with Crippen LogP contribution in [-0.2, 0) is 11.8 Å². The third kappa shape index (κ3) is 5.19. The second-order valence-electron chi connectivity index (χ2n) is 11.8. The predicted molar refractivity (Wildman–Crippen MR) is 179 cm³/mol. The maximum atomic E-state index is 12.5. The first-order valence-electron chi connectivity index (χ1n) is 14.8. The molecule has 1 saturated carbocycles. The van der Waals surface area contributed by atoms with Gasteiger partial charge in [0.15, 0.2) is 5.01 Å². The highest BCUT2D eigenvalue weighted by Gasteiger charge is 2.57. The normalized spacial score (nSPS) is 18.9. The quantitative estimate of drug-likeness (QED) is 0.211. The Morgan fingerprint density at radius 3 is 2.62 bits per heavy atom. The molecule has 2 atom stereocenters. The molecule has 1 amide bonds. The highest BCUT2D eigenvalue weighted by molar-refractivity contribution is 7.14. The average Bonchev–Trinajstić information content (AvgIpc) is 3.34. The fourth-order valence-corrected chi connectivity index (χ4v) is 7.41. The zero-order valence-corrected chi connectivity index (χ0v) is 26.7. The number of amides is 1. The number of likely N-dealkylation sites (tertiary alicyclic amines) is 1. The molecule has 2 aromatic carbocycles. The van der Waals surface area contributed by atoms with Gasteiger partial charge < -0.3 is 29.7 Å². The summed E-state index contributed by atoms with van der Waals surface area (Å²) in [6.45, 7) is 7.74. The Kier molecular flexibility index (Phi) is 7.25. The van der Waals surface area contributed by atoms with Crippen LogP contribution in [0.3, 0.4) is 0 Å². The van der Waals surface area contributed by atoms with Crippen LogP contribution < -0.4 is 20.3 Å². The van der Waals surface area contributed by atoms with Crippen LogP contribution in [-0.4, -0.2) is 75.9 Å².